The van der Waals surface area contributed by atoms with Crippen molar-refractivity contribution in [2.75, 3.05) is 6.61 Å². The molecule has 0 unspecified atom stereocenters. The summed E-state index contributed by atoms with van der Waals surface area (Å²) >= 11 is 0. The molecule has 0 radical (unpaired) electrons. The fraction of sp³-hybridized carbons (Fsp3) is 0.533. The third kappa shape index (κ3) is 4.22. The number of rotatable bonds is 6. The van der Waals surface area contributed by atoms with Crippen LogP contribution in [0.3, 0.4) is 0 Å². The predicted octanol–water partition coefficient (Wildman–Crippen LogP) is 4.01. The van der Waals surface area contributed by atoms with E-state index in [9.17, 15) is 4.79 Å². The molecule has 17 heavy (non-hydrogen) atoms. The van der Waals surface area contributed by atoms with Gasteiger partial charge in [0, 0.05) is 12.0 Å². The van der Waals surface area contributed by atoms with Crippen molar-refractivity contribution in [1.29, 1.82) is 0 Å². The van der Waals surface area contributed by atoms with Gasteiger partial charge in [-0.25, -0.2) is 0 Å². The fourth-order valence-electron chi connectivity index (χ4n) is 1.66. The number of ketones is 1. The SMILES string of the molecule is CCCC(=O)c1ccc(OCC(C)C)cc1C. The molecule has 0 aliphatic heterocycles. The van der Waals surface area contributed by atoms with Crippen molar-refractivity contribution < 1.29 is 9.53 Å². The lowest BCUT2D eigenvalue weighted by atomic mass is 10.0. The molecule has 94 valence electrons. The normalized spacial score (nSPS) is 10.6. The van der Waals surface area contributed by atoms with Gasteiger partial charge in [-0.1, -0.05) is 20.8 Å². The molecule has 0 amide bonds. The average molecular weight is 234 g/mol. The second kappa shape index (κ2) is 6.43. The van der Waals surface area contributed by atoms with Crippen LogP contribution in [0, 0.1) is 12.8 Å². The van der Waals surface area contributed by atoms with E-state index in [1.807, 2.05) is 32.0 Å². The Bertz CT molecular complexity index is 381. The van der Waals surface area contributed by atoms with Crippen LogP contribution in [0.15, 0.2) is 18.2 Å². The number of aryl methyl sites for hydroxylation is 1. The summed E-state index contributed by atoms with van der Waals surface area (Å²) in [6.45, 7) is 8.93. The molecule has 0 saturated heterocycles. The van der Waals surface area contributed by atoms with Gasteiger partial charge in [0.1, 0.15) is 5.75 Å². The van der Waals surface area contributed by atoms with Crippen molar-refractivity contribution in [3.63, 3.8) is 0 Å². The van der Waals surface area contributed by atoms with Crippen LogP contribution in [0.2, 0.25) is 0 Å². The van der Waals surface area contributed by atoms with Gasteiger partial charge in [-0.2, -0.15) is 0 Å². The van der Waals surface area contributed by atoms with E-state index >= 15 is 0 Å². The second-order valence-corrected chi connectivity index (χ2v) is 4.85. The Morgan fingerprint density at radius 3 is 2.59 bits per heavy atom. The van der Waals surface area contributed by atoms with Crippen molar-refractivity contribution in [2.45, 2.75) is 40.5 Å². The van der Waals surface area contributed by atoms with Crippen molar-refractivity contribution in [1.82, 2.24) is 0 Å². The first kappa shape index (κ1) is 13.8. The summed E-state index contributed by atoms with van der Waals surface area (Å²) in [5.74, 6) is 1.58. The molecule has 0 spiro atoms. The summed E-state index contributed by atoms with van der Waals surface area (Å²) in [6.07, 6.45) is 1.51. The zero-order chi connectivity index (χ0) is 12.8. The first-order valence-electron chi connectivity index (χ1n) is 6.31. The molecule has 0 aliphatic rings. The van der Waals surface area contributed by atoms with Crippen LogP contribution >= 0.6 is 0 Å². The van der Waals surface area contributed by atoms with Gasteiger partial charge in [0.25, 0.3) is 0 Å². The smallest absolute Gasteiger partial charge is 0.163 e. The molecule has 0 heterocycles. The number of carbonyl (C=O) groups excluding carboxylic acids is 1. The predicted molar refractivity (Wildman–Crippen MR) is 70.8 cm³/mol. The first-order valence-corrected chi connectivity index (χ1v) is 6.31. The molecule has 0 aromatic heterocycles. The van der Waals surface area contributed by atoms with Crippen LogP contribution in [0.25, 0.3) is 0 Å². The van der Waals surface area contributed by atoms with Crippen molar-refractivity contribution >= 4 is 5.78 Å². The minimum Gasteiger partial charge on any atom is -0.493 e. The number of hydrogen-bond acceptors (Lipinski definition) is 2. The molecular formula is C15H22O2. The molecule has 1 rings (SSSR count). The molecule has 0 bridgehead atoms. The molecule has 0 fully saturated rings. The highest BCUT2D eigenvalue weighted by atomic mass is 16.5. The number of ether oxygens (including phenoxy) is 1. The Labute approximate surface area is 104 Å². The number of hydrogen-bond donors (Lipinski definition) is 0. The van der Waals surface area contributed by atoms with Gasteiger partial charge in [0.15, 0.2) is 5.78 Å². The van der Waals surface area contributed by atoms with Crippen molar-refractivity contribution in [3.05, 3.63) is 29.3 Å². The summed E-state index contributed by atoms with van der Waals surface area (Å²) in [7, 11) is 0. The Hall–Kier alpha value is -1.31. The molecule has 2 nitrogen and oxygen atoms in total. The first-order chi connectivity index (χ1) is 8.04. The molecule has 0 atom stereocenters. The lowest BCUT2D eigenvalue weighted by Crippen LogP contribution is -2.06. The summed E-state index contributed by atoms with van der Waals surface area (Å²) in [5, 5.41) is 0. The quantitative estimate of drug-likeness (QED) is 0.695. The van der Waals surface area contributed by atoms with Gasteiger partial charge in [-0.05, 0) is 43.0 Å². The number of benzene rings is 1. The van der Waals surface area contributed by atoms with E-state index in [-0.39, 0.29) is 5.78 Å². The zero-order valence-corrected chi connectivity index (χ0v) is 11.2. The lowest BCUT2D eigenvalue weighted by molar-refractivity contribution is 0.0981. The fourth-order valence-corrected chi connectivity index (χ4v) is 1.66. The topological polar surface area (TPSA) is 26.3 Å². The second-order valence-electron chi connectivity index (χ2n) is 4.85. The van der Waals surface area contributed by atoms with Crippen LogP contribution in [-0.4, -0.2) is 12.4 Å². The Kier molecular flexibility index (Phi) is 5.20. The minimum atomic E-state index is 0.223. The molecule has 0 aliphatic carbocycles. The molecule has 0 N–H and O–H groups in total. The van der Waals surface area contributed by atoms with E-state index in [0.29, 0.717) is 18.9 Å². The van der Waals surface area contributed by atoms with E-state index in [1.54, 1.807) is 0 Å². The molecule has 2 heteroatoms. The molecular weight excluding hydrogens is 212 g/mol. The van der Waals surface area contributed by atoms with Crippen LogP contribution in [0.1, 0.15) is 49.5 Å². The van der Waals surface area contributed by atoms with Crippen LogP contribution in [-0.2, 0) is 0 Å². The summed E-state index contributed by atoms with van der Waals surface area (Å²) in [5.41, 5.74) is 1.83. The highest BCUT2D eigenvalue weighted by Crippen LogP contribution is 2.19. The van der Waals surface area contributed by atoms with Gasteiger partial charge in [0.2, 0.25) is 0 Å². The Morgan fingerprint density at radius 1 is 1.35 bits per heavy atom. The largest absolute Gasteiger partial charge is 0.493 e. The standard InChI is InChI=1S/C15H22O2/c1-5-6-15(16)14-8-7-13(9-12(14)4)17-10-11(2)3/h7-9,11H,5-6,10H2,1-4H3. The van der Waals surface area contributed by atoms with Gasteiger partial charge in [-0.15, -0.1) is 0 Å². The Balaban J connectivity index is 2.75. The van der Waals surface area contributed by atoms with Crippen molar-refractivity contribution in [2.24, 2.45) is 5.92 Å². The van der Waals surface area contributed by atoms with Gasteiger partial charge >= 0.3 is 0 Å². The van der Waals surface area contributed by atoms with Crippen LogP contribution in [0.5, 0.6) is 5.75 Å². The van der Waals surface area contributed by atoms with E-state index in [1.165, 1.54) is 0 Å². The van der Waals surface area contributed by atoms with Gasteiger partial charge in [-0.3, -0.25) is 4.79 Å². The number of carbonyl (C=O) groups is 1. The maximum absolute atomic E-state index is 11.8. The van der Waals surface area contributed by atoms with E-state index in [4.69, 9.17) is 4.74 Å². The zero-order valence-electron chi connectivity index (χ0n) is 11.2. The minimum absolute atomic E-state index is 0.223. The monoisotopic (exact) mass is 234 g/mol. The van der Waals surface area contributed by atoms with Crippen LogP contribution < -0.4 is 4.74 Å². The summed E-state index contributed by atoms with van der Waals surface area (Å²) < 4.78 is 5.63. The van der Waals surface area contributed by atoms with E-state index < -0.39 is 0 Å². The van der Waals surface area contributed by atoms with Crippen LogP contribution in [0.4, 0.5) is 0 Å². The highest BCUT2D eigenvalue weighted by molar-refractivity contribution is 5.97. The molecule has 1 aromatic rings. The summed E-state index contributed by atoms with van der Waals surface area (Å²) in [4.78, 5) is 11.8. The summed E-state index contributed by atoms with van der Waals surface area (Å²) in [6, 6.07) is 5.71. The van der Waals surface area contributed by atoms with Gasteiger partial charge < -0.3 is 4.74 Å². The maximum Gasteiger partial charge on any atom is 0.163 e. The van der Waals surface area contributed by atoms with Crippen molar-refractivity contribution in [3.8, 4) is 5.75 Å². The van der Waals surface area contributed by atoms with Gasteiger partial charge in [0.05, 0.1) is 6.61 Å². The lowest BCUT2D eigenvalue weighted by Gasteiger charge is -2.11. The highest BCUT2D eigenvalue weighted by Gasteiger charge is 2.09. The number of Topliss-reactive ketones (excluding diaryl/α,β-unsaturated/α-hetero) is 1. The molecule has 1 aromatic carbocycles. The third-order valence-corrected chi connectivity index (χ3v) is 2.56. The van der Waals surface area contributed by atoms with E-state index in [0.717, 1.165) is 23.3 Å². The molecule has 0 saturated carbocycles. The maximum atomic E-state index is 11.8. The third-order valence-electron chi connectivity index (χ3n) is 2.56. The van der Waals surface area contributed by atoms with E-state index in [2.05, 4.69) is 13.8 Å². The Morgan fingerprint density at radius 2 is 2.06 bits per heavy atom. The average Bonchev–Trinajstić information content (AvgIpc) is 2.26.